The zero-order valence-corrected chi connectivity index (χ0v) is 15.6. The summed E-state index contributed by atoms with van der Waals surface area (Å²) in [5.41, 5.74) is 1.55. The first kappa shape index (κ1) is 17.7. The van der Waals surface area contributed by atoms with Gasteiger partial charge in [-0.25, -0.2) is 4.79 Å². The summed E-state index contributed by atoms with van der Waals surface area (Å²) in [5, 5.41) is 0. The highest BCUT2D eigenvalue weighted by molar-refractivity contribution is 5.71. The Kier molecular flexibility index (Phi) is 4.52. The summed E-state index contributed by atoms with van der Waals surface area (Å²) in [6, 6.07) is 13.4. The number of fused-ring (bicyclic) bond motifs is 1. The number of nitrogens with zero attached hydrogens (tertiary/aromatic N) is 5. The normalized spacial score (nSPS) is 11.1. The number of pyridine rings is 1. The molecule has 0 saturated carbocycles. The van der Waals surface area contributed by atoms with E-state index in [1.807, 2.05) is 42.5 Å². The van der Waals surface area contributed by atoms with Crippen LogP contribution < -0.4 is 16.0 Å². The van der Waals surface area contributed by atoms with Crippen LogP contribution in [0.25, 0.3) is 11.2 Å². The van der Waals surface area contributed by atoms with Crippen molar-refractivity contribution in [3.63, 3.8) is 0 Å². The first-order chi connectivity index (χ1) is 13.6. The van der Waals surface area contributed by atoms with Gasteiger partial charge in [0.15, 0.2) is 11.2 Å². The van der Waals surface area contributed by atoms with Gasteiger partial charge in [-0.1, -0.05) is 36.4 Å². The maximum absolute atomic E-state index is 13.0. The van der Waals surface area contributed by atoms with E-state index in [2.05, 4.69) is 9.97 Å². The van der Waals surface area contributed by atoms with Crippen molar-refractivity contribution in [2.75, 3.05) is 0 Å². The summed E-state index contributed by atoms with van der Waals surface area (Å²) in [6.07, 6.45) is 3.38. The van der Waals surface area contributed by atoms with Crippen molar-refractivity contribution in [3.8, 4) is 6.01 Å². The van der Waals surface area contributed by atoms with E-state index < -0.39 is 11.2 Å². The number of hydrogen-bond donors (Lipinski definition) is 0. The second-order valence-electron chi connectivity index (χ2n) is 6.49. The molecule has 0 saturated heterocycles. The van der Waals surface area contributed by atoms with Crippen molar-refractivity contribution in [1.29, 1.82) is 0 Å². The van der Waals surface area contributed by atoms with Crippen molar-refractivity contribution in [2.45, 2.75) is 13.2 Å². The third-order valence-electron chi connectivity index (χ3n) is 4.59. The monoisotopic (exact) mass is 377 g/mol. The van der Waals surface area contributed by atoms with Gasteiger partial charge in [-0.3, -0.25) is 23.5 Å². The number of hydrogen-bond acceptors (Lipinski definition) is 5. The fourth-order valence-corrected chi connectivity index (χ4v) is 3.09. The molecule has 0 aliphatic heterocycles. The van der Waals surface area contributed by atoms with Gasteiger partial charge in [0.05, 0.1) is 6.54 Å². The molecular weight excluding hydrogens is 358 g/mol. The van der Waals surface area contributed by atoms with Gasteiger partial charge in [0.2, 0.25) is 0 Å². The Morgan fingerprint density at radius 1 is 0.964 bits per heavy atom. The number of imidazole rings is 1. The zero-order chi connectivity index (χ0) is 19.7. The summed E-state index contributed by atoms with van der Waals surface area (Å²) in [7, 11) is 3.30. The van der Waals surface area contributed by atoms with Crippen molar-refractivity contribution >= 4 is 11.2 Å². The Balaban J connectivity index is 1.77. The molecule has 1 aromatic carbocycles. The lowest BCUT2D eigenvalue weighted by molar-refractivity contribution is 0.272. The predicted molar refractivity (Wildman–Crippen MR) is 104 cm³/mol. The van der Waals surface area contributed by atoms with Crippen LogP contribution in [0, 0.1) is 0 Å². The van der Waals surface area contributed by atoms with E-state index >= 15 is 0 Å². The molecule has 8 heteroatoms. The molecular formula is C20H19N5O3. The van der Waals surface area contributed by atoms with Gasteiger partial charge in [-0.05, 0) is 11.6 Å². The largest absolute Gasteiger partial charge is 0.460 e. The number of rotatable bonds is 5. The van der Waals surface area contributed by atoms with Gasteiger partial charge in [0.1, 0.15) is 6.61 Å². The van der Waals surface area contributed by atoms with Crippen LogP contribution in [0.2, 0.25) is 0 Å². The summed E-state index contributed by atoms with van der Waals surface area (Å²) in [6.45, 7) is 0.455. The van der Waals surface area contributed by atoms with E-state index in [1.54, 1.807) is 31.1 Å². The molecule has 142 valence electrons. The lowest BCUT2D eigenvalue weighted by Crippen LogP contribution is -2.39. The molecule has 0 fully saturated rings. The number of ether oxygens (including phenoxy) is 1. The van der Waals surface area contributed by atoms with Gasteiger partial charge in [-0.15, -0.1) is 0 Å². The highest BCUT2D eigenvalue weighted by atomic mass is 16.5. The second kappa shape index (κ2) is 7.15. The summed E-state index contributed by atoms with van der Waals surface area (Å²) < 4.78 is 9.93. The van der Waals surface area contributed by atoms with E-state index in [1.165, 1.54) is 9.13 Å². The predicted octanol–water partition coefficient (Wildman–Crippen LogP) is 1.46. The third kappa shape index (κ3) is 3.09. The van der Waals surface area contributed by atoms with Crippen LogP contribution in [0.3, 0.4) is 0 Å². The topological polar surface area (TPSA) is 83.9 Å². The molecule has 28 heavy (non-hydrogen) atoms. The molecule has 0 amide bonds. The minimum Gasteiger partial charge on any atom is -0.460 e. The molecule has 4 aromatic rings. The van der Waals surface area contributed by atoms with Crippen molar-refractivity contribution in [3.05, 3.63) is 86.8 Å². The van der Waals surface area contributed by atoms with Crippen LogP contribution in [-0.2, 0) is 27.2 Å². The molecule has 4 rings (SSSR count). The Morgan fingerprint density at radius 2 is 1.71 bits per heavy atom. The number of aromatic nitrogens is 5. The van der Waals surface area contributed by atoms with E-state index in [4.69, 9.17) is 4.74 Å². The Labute approximate surface area is 160 Å². The van der Waals surface area contributed by atoms with Crippen molar-refractivity contribution in [1.82, 2.24) is 23.7 Å². The van der Waals surface area contributed by atoms with Crippen LogP contribution in [0.5, 0.6) is 6.01 Å². The molecule has 0 unspecified atom stereocenters. The van der Waals surface area contributed by atoms with Crippen LogP contribution >= 0.6 is 0 Å². The van der Waals surface area contributed by atoms with E-state index in [0.29, 0.717) is 11.2 Å². The first-order valence-electron chi connectivity index (χ1n) is 8.78. The smallest absolute Gasteiger partial charge is 0.332 e. The zero-order valence-electron chi connectivity index (χ0n) is 15.6. The van der Waals surface area contributed by atoms with Gasteiger partial charge >= 0.3 is 5.69 Å². The fourth-order valence-electron chi connectivity index (χ4n) is 3.09. The Bertz CT molecular complexity index is 1240. The summed E-state index contributed by atoms with van der Waals surface area (Å²) in [4.78, 5) is 34.2. The molecule has 0 radical (unpaired) electrons. The average molecular weight is 377 g/mol. The minimum absolute atomic E-state index is 0.194. The van der Waals surface area contributed by atoms with Crippen LogP contribution in [0.15, 0.2) is 64.4 Å². The first-order valence-corrected chi connectivity index (χ1v) is 8.78. The van der Waals surface area contributed by atoms with Crippen LogP contribution in [0.4, 0.5) is 0 Å². The molecule has 0 aliphatic rings. The van der Waals surface area contributed by atoms with Crippen molar-refractivity contribution in [2.24, 2.45) is 14.1 Å². The number of aryl methyl sites for hydroxylation is 2. The van der Waals surface area contributed by atoms with Gasteiger partial charge in [0.25, 0.3) is 11.6 Å². The number of benzene rings is 1. The van der Waals surface area contributed by atoms with Crippen molar-refractivity contribution < 1.29 is 4.74 Å². The van der Waals surface area contributed by atoms with Crippen LogP contribution in [-0.4, -0.2) is 23.7 Å². The molecule has 0 bridgehead atoms. The minimum atomic E-state index is -0.418. The molecule has 0 aliphatic carbocycles. The molecule has 0 atom stereocenters. The quantitative estimate of drug-likeness (QED) is 0.526. The standard InChI is InChI=1S/C20H19N5O3/c1-23-16-17(22-19(23)28-13-15-9-6-10-21-11-15)24(2)20(27)25(18(16)26)12-14-7-4-3-5-8-14/h3-11H,12-13H2,1-2H3. The maximum atomic E-state index is 13.0. The second-order valence-corrected chi connectivity index (χ2v) is 6.49. The summed E-state index contributed by atoms with van der Waals surface area (Å²) >= 11 is 0. The van der Waals surface area contributed by atoms with Crippen LogP contribution in [0.1, 0.15) is 11.1 Å². The van der Waals surface area contributed by atoms with Gasteiger partial charge < -0.3 is 4.74 Å². The SMILES string of the molecule is Cn1c(OCc2cccnc2)nc2c1c(=O)n(Cc1ccccc1)c(=O)n2C. The van der Waals surface area contributed by atoms with E-state index in [9.17, 15) is 9.59 Å². The lowest BCUT2D eigenvalue weighted by atomic mass is 10.2. The average Bonchev–Trinajstić information content (AvgIpc) is 3.06. The molecule has 0 N–H and O–H groups in total. The highest BCUT2D eigenvalue weighted by Crippen LogP contribution is 2.17. The fraction of sp³-hybridized carbons (Fsp3) is 0.200. The van der Waals surface area contributed by atoms with Gasteiger partial charge in [0, 0.05) is 32.1 Å². The van der Waals surface area contributed by atoms with E-state index in [0.717, 1.165) is 11.1 Å². The maximum Gasteiger partial charge on any atom is 0.332 e. The molecule has 3 aromatic heterocycles. The molecule has 8 nitrogen and oxygen atoms in total. The molecule has 0 spiro atoms. The highest BCUT2D eigenvalue weighted by Gasteiger charge is 2.19. The van der Waals surface area contributed by atoms with E-state index in [-0.39, 0.29) is 19.2 Å². The third-order valence-corrected chi connectivity index (χ3v) is 4.59. The Hall–Kier alpha value is -3.68. The summed E-state index contributed by atoms with van der Waals surface area (Å²) in [5.74, 6) is 0. The lowest BCUT2D eigenvalue weighted by Gasteiger charge is -2.08. The Morgan fingerprint density at radius 3 is 2.43 bits per heavy atom. The van der Waals surface area contributed by atoms with Gasteiger partial charge in [-0.2, -0.15) is 4.98 Å². The molecule has 3 heterocycles.